The van der Waals surface area contributed by atoms with Gasteiger partial charge in [0, 0.05) is 6.54 Å². The van der Waals surface area contributed by atoms with Gasteiger partial charge in [0.1, 0.15) is 4.88 Å². The molecule has 0 bridgehead atoms. The molecule has 0 saturated heterocycles. The molecule has 2 aromatic heterocycles. The molecule has 0 saturated carbocycles. The maximum atomic E-state index is 12.0. The van der Waals surface area contributed by atoms with Gasteiger partial charge in [0.25, 0.3) is 0 Å². The monoisotopic (exact) mass is 356 g/mol. The van der Waals surface area contributed by atoms with E-state index in [9.17, 15) is 9.59 Å². The van der Waals surface area contributed by atoms with Crippen LogP contribution in [0.1, 0.15) is 29.2 Å². The van der Waals surface area contributed by atoms with Crippen molar-refractivity contribution in [2.75, 3.05) is 17.7 Å². The van der Waals surface area contributed by atoms with Crippen LogP contribution in [0.15, 0.2) is 5.16 Å². The summed E-state index contributed by atoms with van der Waals surface area (Å²) in [6.45, 7) is 6.27. The van der Waals surface area contributed by atoms with Crippen molar-refractivity contribution in [3.8, 4) is 0 Å². The van der Waals surface area contributed by atoms with Crippen molar-refractivity contribution < 1.29 is 14.3 Å². The lowest BCUT2D eigenvalue weighted by atomic mass is 10.4. The summed E-state index contributed by atoms with van der Waals surface area (Å²) in [5, 5.41) is 14.8. The second-order valence-corrected chi connectivity index (χ2v) is 6.21. The average Bonchev–Trinajstić information content (AvgIpc) is 3.11. The number of aromatic nitrogens is 5. The van der Waals surface area contributed by atoms with Crippen molar-refractivity contribution in [1.29, 1.82) is 0 Å². The number of esters is 1. The van der Waals surface area contributed by atoms with Gasteiger partial charge in [-0.1, -0.05) is 23.1 Å². The second-order valence-electron chi connectivity index (χ2n) is 4.27. The summed E-state index contributed by atoms with van der Waals surface area (Å²) < 4.78 is 6.54. The molecule has 2 heterocycles. The lowest BCUT2D eigenvalue weighted by Gasteiger charge is -2.01. The largest absolute Gasteiger partial charge is 0.462 e. The number of rotatable bonds is 7. The number of aryl methyl sites for hydroxylation is 2. The molecule has 1 N–H and O–H groups in total. The number of anilines is 1. The first-order chi connectivity index (χ1) is 11.0. The number of carbonyl (C=O) groups excluding carboxylic acids is 2. The second kappa shape index (κ2) is 8.02. The fourth-order valence-corrected chi connectivity index (χ4v) is 3.24. The molecule has 124 valence electrons. The van der Waals surface area contributed by atoms with Crippen LogP contribution in [0.5, 0.6) is 0 Å². The smallest absolute Gasteiger partial charge is 0.350 e. The molecule has 0 atom stereocenters. The van der Waals surface area contributed by atoms with Gasteiger partial charge in [0.05, 0.1) is 18.1 Å². The fraction of sp³-hybridized carbons (Fsp3) is 0.500. The van der Waals surface area contributed by atoms with E-state index >= 15 is 0 Å². The van der Waals surface area contributed by atoms with Crippen LogP contribution in [0.3, 0.4) is 0 Å². The van der Waals surface area contributed by atoms with Gasteiger partial charge in [-0.3, -0.25) is 4.79 Å². The van der Waals surface area contributed by atoms with Crippen LogP contribution < -0.4 is 5.32 Å². The highest BCUT2D eigenvalue weighted by atomic mass is 32.2. The van der Waals surface area contributed by atoms with Gasteiger partial charge < -0.3 is 10.1 Å². The maximum absolute atomic E-state index is 12.0. The molecule has 0 aliphatic heterocycles. The van der Waals surface area contributed by atoms with Crippen molar-refractivity contribution in [3.63, 3.8) is 0 Å². The zero-order valence-corrected chi connectivity index (χ0v) is 14.5. The van der Waals surface area contributed by atoms with Crippen LogP contribution in [0.25, 0.3) is 0 Å². The maximum Gasteiger partial charge on any atom is 0.350 e. The SMILES string of the molecule is CCOC(=O)c1sc(NC(=O)CSc2nnnn2CC)nc1C. The molecule has 11 heteroatoms. The van der Waals surface area contributed by atoms with Gasteiger partial charge >= 0.3 is 5.97 Å². The number of tetrazole rings is 1. The van der Waals surface area contributed by atoms with Crippen LogP contribution in [0, 0.1) is 6.92 Å². The van der Waals surface area contributed by atoms with E-state index in [2.05, 4.69) is 25.8 Å². The van der Waals surface area contributed by atoms with Crippen molar-refractivity contribution >= 4 is 40.1 Å². The molecular formula is C12H16N6O3S2. The predicted octanol–water partition coefficient (Wildman–Crippen LogP) is 1.37. The molecule has 23 heavy (non-hydrogen) atoms. The highest BCUT2D eigenvalue weighted by Gasteiger charge is 2.18. The third-order valence-electron chi connectivity index (χ3n) is 2.63. The Labute approximate surface area is 140 Å². The Hall–Kier alpha value is -2.01. The average molecular weight is 356 g/mol. The minimum absolute atomic E-state index is 0.147. The van der Waals surface area contributed by atoms with E-state index in [4.69, 9.17) is 4.74 Å². The minimum Gasteiger partial charge on any atom is -0.462 e. The zero-order chi connectivity index (χ0) is 16.8. The third-order valence-corrected chi connectivity index (χ3v) is 4.64. The number of thiazole rings is 1. The standard InChI is InChI=1S/C12H16N6O3S2/c1-4-18-12(15-16-17-18)22-6-8(19)14-11-13-7(3)9(23-11)10(20)21-5-2/h4-6H2,1-3H3,(H,13,14,19). The van der Waals surface area contributed by atoms with E-state index in [0.717, 1.165) is 11.3 Å². The Morgan fingerprint density at radius 1 is 1.39 bits per heavy atom. The molecule has 0 fully saturated rings. The zero-order valence-electron chi connectivity index (χ0n) is 12.9. The molecular weight excluding hydrogens is 340 g/mol. The van der Waals surface area contributed by atoms with Crippen LogP contribution in [0.2, 0.25) is 0 Å². The Kier molecular flexibility index (Phi) is 6.04. The van der Waals surface area contributed by atoms with Gasteiger partial charge in [-0.25, -0.2) is 14.5 Å². The Morgan fingerprint density at radius 3 is 2.87 bits per heavy atom. The van der Waals surface area contributed by atoms with E-state index in [1.807, 2.05) is 6.92 Å². The fourth-order valence-electron chi connectivity index (χ4n) is 1.62. The topological polar surface area (TPSA) is 112 Å². The van der Waals surface area contributed by atoms with Crippen LogP contribution in [-0.2, 0) is 16.1 Å². The molecule has 0 radical (unpaired) electrons. The molecule has 9 nitrogen and oxygen atoms in total. The Balaban J connectivity index is 1.93. The number of nitrogens with one attached hydrogen (secondary N) is 1. The quantitative estimate of drug-likeness (QED) is 0.585. The first-order valence-electron chi connectivity index (χ1n) is 6.88. The van der Waals surface area contributed by atoms with Crippen LogP contribution in [-0.4, -0.2) is 49.4 Å². The summed E-state index contributed by atoms with van der Waals surface area (Å²) in [6.07, 6.45) is 0. The molecule has 0 aromatic carbocycles. The molecule has 2 rings (SSSR count). The molecule has 1 amide bonds. The number of thioether (sulfide) groups is 1. The first-order valence-corrected chi connectivity index (χ1v) is 8.68. The van der Waals surface area contributed by atoms with Gasteiger partial charge in [0.15, 0.2) is 5.13 Å². The van der Waals surface area contributed by atoms with E-state index in [-0.39, 0.29) is 11.7 Å². The summed E-state index contributed by atoms with van der Waals surface area (Å²) in [5.74, 6) is -0.530. The van der Waals surface area contributed by atoms with E-state index < -0.39 is 5.97 Å². The highest BCUT2D eigenvalue weighted by Crippen LogP contribution is 2.24. The van der Waals surface area contributed by atoms with Crippen molar-refractivity contribution in [2.24, 2.45) is 0 Å². The number of hydrogen-bond donors (Lipinski definition) is 1. The van der Waals surface area contributed by atoms with Crippen LogP contribution >= 0.6 is 23.1 Å². The molecule has 2 aromatic rings. The summed E-state index contributed by atoms with van der Waals surface area (Å²) in [5.41, 5.74) is 0.534. The molecule has 0 aliphatic rings. The van der Waals surface area contributed by atoms with Gasteiger partial charge in [-0.05, 0) is 31.2 Å². The van der Waals surface area contributed by atoms with Gasteiger partial charge in [0.2, 0.25) is 11.1 Å². The van der Waals surface area contributed by atoms with E-state index in [1.165, 1.54) is 11.8 Å². The van der Waals surface area contributed by atoms with Crippen molar-refractivity contribution in [2.45, 2.75) is 32.5 Å². The lowest BCUT2D eigenvalue weighted by molar-refractivity contribution is -0.113. The molecule has 0 aliphatic carbocycles. The van der Waals surface area contributed by atoms with Crippen molar-refractivity contribution in [1.82, 2.24) is 25.2 Å². The van der Waals surface area contributed by atoms with Gasteiger partial charge in [-0.15, -0.1) is 5.10 Å². The molecule has 0 spiro atoms. The van der Waals surface area contributed by atoms with Crippen LogP contribution in [0.4, 0.5) is 5.13 Å². The molecule has 0 unspecified atom stereocenters. The number of hydrogen-bond acceptors (Lipinski definition) is 9. The van der Waals surface area contributed by atoms with Crippen molar-refractivity contribution in [3.05, 3.63) is 10.6 Å². The number of amides is 1. The minimum atomic E-state index is -0.431. The predicted molar refractivity (Wildman–Crippen MR) is 85.7 cm³/mol. The number of nitrogens with zero attached hydrogens (tertiary/aromatic N) is 5. The Bertz CT molecular complexity index is 699. The van der Waals surface area contributed by atoms with Gasteiger partial charge in [-0.2, -0.15) is 0 Å². The highest BCUT2D eigenvalue weighted by molar-refractivity contribution is 7.99. The number of carbonyl (C=O) groups is 2. The normalized spacial score (nSPS) is 10.6. The third kappa shape index (κ3) is 4.48. The van der Waals surface area contributed by atoms with E-state index in [1.54, 1.807) is 18.5 Å². The summed E-state index contributed by atoms with van der Waals surface area (Å²) in [7, 11) is 0. The summed E-state index contributed by atoms with van der Waals surface area (Å²) in [4.78, 5) is 28.2. The summed E-state index contributed by atoms with van der Waals surface area (Å²) in [6, 6.07) is 0. The summed E-state index contributed by atoms with van der Waals surface area (Å²) >= 11 is 2.33. The lowest BCUT2D eigenvalue weighted by Crippen LogP contribution is -2.14. The first kappa shape index (κ1) is 17.3. The van der Waals surface area contributed by atoms with E-state index in [0.29, 0.717) is 34.0 Å². The Morgan fingerprint density at radius 2 is 2.17 bits per heavy atom. The number of ether oxygens (including phenoxy) is 1.